The molecular weight excluding hydrogens is 417 g/mol. The molecule has 0 saturated carbocycles. The van der Waals surface area contributed by atoms with Gasteiger partial charge >= 0.3 is 6.03 Å². The van der Waals surface area contributed by atoms with Crippen LogP contribution in [0.2, 0.25) is 0 Å². The van der Waals surface area contributed by atoms with Crippen LogP contribution in [-0.2, 0) is 6.54 Å². The first-order chi connectivity index (χ1) is 14.9. The summed E-state index contributed by atoms with van der Waals surface area (Å²) in [4.78, 5) is 32.9. The summed E-state index contributed by atoms with van der Waals surface area (Å²) in [5.74, 6) is -0.454. The Labute approximate surface area is 181 Å². The second-order valence-corrected chi connectivity index (χ2v) is 8.00. The van der Waals surface area contributed by atoms with Gasteiger partial charge in [-0.25, -0.2) is 14.2 Å². The van der Waals surface area contributed by atoms with Gasteiger partial charge in [0.25, 0.3) is 5.56 Å². The maximum absolute atomic E-state index is 14.9. The lowest BCUT2D eigenvalue weighted by molar-refractivity contribution is 0.252. The molecule has 31 heavy (non-hydrogen) atoms. The molecule has 1 aromatic carbocycles. The number of hydrogen-bond acceptors (Lipinski definition) is 5. The van der Waals surface area contributed by atoms with Crippen LogP contribution in [0.15, 0.2) is 53.6 Å². The molecule has 0 aliphatic rings. The van der Waals surface area contributed by atoms with Gasteiger partial charge in [0.2, 0.25) is 0 Å². The first-order valence-electron chi connectivity index (χ1n) is 9.70. The highest BCUT2D eigenvalue weighted by atomic mass is 32.1. The maximum atomic E-state index is 14.9. The normalized spacial score (nSPS) is 10.9. The smallest absolute Gasteiger partial charge is 0.321 e. The molecule has 0 unspecified atom stereocenters. The molecule has 2 N–H and O–H groups in total. The molecule has 3 heterocycles. The number of amides is 2. The average Bonchev–Trinajstić information content (AvgIpc) is 3.11. The first kappa shape index (κ1) is 20.7. The van der Waals surface area contributed by atoms with E-state index in [1.54, 1.807) is 29.1 Å². The molecule has 0 fully saturated rings. The second kappa shape index (κ2) is 8.65. The number of thiazole rings is 1. The largest absolute Gasteiger partial charge is 0.338 e. The lowest BCUT2D eigenvalue weighted by atomic mass is 10.0. The topological polar surface area (TPSA) is 88.9 Å². The number of carbonyl (C=O) groups is 1. The standard InChI is InChI=1S/C22H20FN5O2S/c1-3-25-21(30)27-22-26-18-9-16(17(23)10-19(18)31-22)15-7-13(2)28(20(29)8-15)12-14-5-4-6-24-11-14/h4-11H,3,12H2,1-2H3,(H2,25,26,27,30). The Morgan fingerprint density at radius 3 is 2.81 bits per heavy atom. The van der Waals surface area contributed by atoms with Gasteiger partial charge in [-0.2, -0.15) is 0 Å². The van der Waals surface area contributed by atoms with Crippen molar-refractivity contribution in [2.75, 3.05) is 11.9 Å². The number of hydrogen-bond donors (Lipinski definition) is 2. The quantitative estimate of drug-likeness (QED) is 0.491. The number of fused-ring (bicyclic) bond motifs is 1. The number of aromatic nitrogens is 3. The zero-order chi connectivity index (χ0) is 22.0. The van der Waals surface area contributed by atoms with Gasteiger partial charge in [0.05, 0.1) is 16.8 Å². The first-order valence-corrected chi connectivity index (χ1v) is 10.5. The van der Waals surface area contributed by atoms with Crippen molar-refractivity contribution in [2.24, 2.45) is 0 Å². The Hall–Kier alpha value is -3.59. The van der Waals surface area contributed by atoms with Crippen molar-refractivity contribution in [1.82, 2.24) is 19.9 Å². The zero-order valence-corrected chi connectivity index (χ0v) is 17.8. The minimum absolute atomic E-state index is 0.227. The van der Waals surface area contributed by atoms with E-state index in [4.69, 9.17) is 0 Å². The van der Waals surface area contributed by atoms with Crippen molar-refractivity contribution in [1.29, 1.82) is 0 Å². The van der Waals surface area contributed by atoms with Crippen LogP contribution in [0.5, 0.6) is 0 Å². The fourth-order valence-corrected chi connectivity index (χ4v) is 4.15. The van der Waals surface area contributed by atoms with E-state index in [1.807, 2.05) is 26.0 Å². The highest BCUT2D eigenvalue weighted by Crippen LogP contribution is 2.32. The Morgan fingerprint density at radius 2 is 2.10 bits per heavy atom. The lowest BCUT2D eigenvalue weighted by Crippen LogP contribution is -2.28. The Balaban J connectivity index is 1.68. The molecule has 0 aliphatic carbocycles. The van der Waals surface area contributed by atoms with Crippen LogP contribution in [0.4, 0.5) is 14.3 Å². The van der Waals surface area contributed by atoms with Crippen molar-refractivity contribution in [3.05, 3.63) is 76.2 Å². The fourth-order valence-electron chi connectivity index (χ4n) is 3.29. The molecule has 0 radical (unpaired) electrons. The van der Waals surface area contributed by atoms with Crippen LogP contribution in [0.3, 0.4) is 0 Å². The number of pyridine rings is 2. The summed E-state index contributed by atoms with van der Waals surface area (Å²) in [6.45, 7) is 4.50. The van der Waals surface area contributed by atoms with Crippen LogP contribution in [-0.4, -0.2) is 27.1 Å². The number of carbonyl (C=O) groups excluding carboxylic acids is 1. The number of benzene rings is 1. The molecule has 158 valence electrons. The van der Waals surface area contributed by atoms with E-state index in [0.717, 1.165) is 5.56 Å². The molecule has 4 rings (SSSR count). The molecule has 4 aromatic rings. The van der Waals surface area contributed by atoms with E-state index in [1.165, 1.54) is 23.5 Å². The van der Waals surface area contributed by atoms with Gasteiger partial charge < -0.3 is 9.88 Å². The number of nitrogens with zero attached hydrogens (tertiary/aromatic N) is 3. The van der Waals surface area contributed by atoms with E-state index in [-0.39, 0.29) is 17.2 Å². The average molecular weight is 438 g/mol. The minimum Gasteiger partial charge on any atom is -0.338 e. The fraction of sp³-hybridized carbons (Fsp3) is 0.182. The summed E-state index contributed by atoms with van der Waals surface area (Å²) in [5.41, 5.74) is 2.71. The lowest BCUT2D eigenvalue weighted by Gasteiger charge is -2.12. The van der Waals surface area contributed by atoms with Crippen molar-refractivity contribution in [3.63, 3.8) is 0 Å². The highest BCUT2D eigenvalue weighted by molar-refractivity contribution is 7.22. The molecule has 2 amide bonds. The van der Waals surface area contributed by atoms with E-state index >= 15 is 0 Å². The molecule has 0 saturated heterocycles. The summed E-state index contributed by atoms with van der Waals surface area (Å²) in [6, 6.07) is 9.53. The van der Waals surface area contributed by atoms with E-state index in [9.17, 15) is 14.0 Å². The summed E-state index contributed by atoms with van der Waals surface area (Å²) in [7, 11) is 0. The van der Waals surface area contributed by atoms with Gasteiger partial charge in [0.15, 0.2) is 5.13 Å². The predicted octanol–water partition coefficient (Wildman–Crippen LogP) is 4.16. The second-order valence-electron chi connectivity index (χ2n) is 6.97. The number of halogens is 1. The Kier molecular flexibility index (Phi) is 5.77. The van der Waals surface area contributed by atoms with Gasteiger partial charge in [0.1, 0.15) is 5.82 Å². The Bertz CT molecular complexity index is 1320. The molecule has 7 nitrogen and oxygen atoms in total. The van der Waals surface area contributed by atoms with Crippen molar-refractivity contribution in [2.45, 2.75) is 20.4 Å². The molecule has 9 heteroatoms. The summed E-state index contributed by atoms with van der Waals surface area (Å²) >= 11 is 1.18. The number of nitrogens with one attached hydrogen (secondary N) is 2. The van der Waals surface area contributed by atoms with Gasteiger partial charge in [0, 0.05) is 36.3 Å². The summed E-state index contributed by atoms with van der Waals surface area (Å²) in [6.07, 6.45) is 3.39. The van der Waals surface area contributed by atoms with E-state index in [2.05, 4.69) is 20.6 Å². The van der Waals surface area contributed by atoms with Crippen LogP contribution in [0.1, 0.15) is 18.2 Å². The van der Waals surface area contributed by atoms with Crippen molar-refractivity contribution in [3.8, 4) is 11.1 Å². The monoisotopic (exact) mass is 437 g/mol. The third-order valence-corrected chi connectivity index (χ3v) is 5.68. The number of urea groups is 1. The number of aryl methyl sites for hydroxylation is 1. The Morgan fingerprint density at radius 1 is 1.26 bits per heavy atom. The highest BCUT2D eigenvalue weighted by Gasteiger charge is 2.14. The van der Waals surface area contributed by atoms with E-state index < -0.39 is 5.82 Å². The predicted molar refractivity (Wildman–Crippen MR) is 120 cm³/mol. The van der Waals surface area contributed by atoms with Crippen molar-refractivity contribution < 1.29 is 9.18 Å². The molecule has 0 aliphatic heterocycles. The molecule has 0 atom stereocenters. The van der Waals surface area contributed by atoms with Gasteiger partial charge in [-0.05, 0) is 49.2 Å². The third-order valence-electron chi connectivity index (χ3n) is 4.74. The minimum atomic E-state index is -0.454. The SMILES string of the molecule is CCNC(=O)Nc1nc2cc(-c3cc(C)n(Cc4cccnc4)c(=O)c3)c(F)cc2s1. The van der Waals surface area contributed by atoms with Crippen molar-refractivity contribution >= 4 is 32.7 Å². The van der Waals surface area contributed by atoms with Gasteiger partial charge in [-0.1, -0.05) is 17.4 Å². The number of rotatable bonds is 5. The third kappa shape index (κ3) is 4.46. The molecule has 3 aromatic heterocycles. The van der Waals surface area contributed by atoms with Crippen LogP contribution >= 0.6 is 11.3 Å². The van der Waals surface area contributed by atoms with Crippen LogP contribution in [0, 0.1) is 12.7 Å². The molecule has 0 bridgehead atoms. The summed E-state index contributed by atoms with van der Waals surface area (Å²) < 4.78 is 17.1. The van der Waals surface area contributed by atoms with Crippen LogP contribution < -0.4 is 16.2 Å². The zero-order valence-electron chi connectivity index (χ0n) is 17.0. The number of anilines is 1. The van der Waals surface area contributed by atoms with Gasteiger partial charge in [-0.15, -0.1) is 0 Å². The molecule has 0 spiro atoms. The van der Waals surface area contributed by atoms with Crippen LogP contribution in [0.25, 0.3) is 21.3 Å². The van der Waals surface area contributed by atoms with Gasteiger partial charge in [-0.3, -0.25) is 15.1 Å². The molecular formula is C22H20FN5O2S. The van der Waals surface area contributed by atoms with E-state index in [0.29, 0.717) is 39.7 Å². The maximum Gasteiger partial charge on any atom is 0.321 e. The summed E-state index contributed by atoms with van der Waals surface area (Å²) in [5, 5.41) is 5.64.